The van der Waals surface area contributed by atoms with Crippen LogP contribution in [0.25, 0.3) is 0 Å². The van der Waals surface area contributed by atoms with Gasteiger partial charge in [-0.1, -0.05) is 21.6 Å². The van der Waals surface area contributed by atoms with Gasteiger partial charge < -0.3 is 0 Å². The van der Waals surface area contributed by atoms with E-state index >= 15 is 0 Å². The number of nitrogens with zero attached hydrogens (tertiary/aromatic N) is 2. The molecule has 0 saturated heterocycles. The van der Waals surface area contributed by atoms with Gasteiger partial charge in [0, 0.05) is 35.8 Å². The molecule has 2 heterocycles. The van der Waals surface area contributed by atoms with E-state index in [4.69, 9.17) is 0 Å². The number of aromatic nitrogens is 2. The Morgan fingerprint density at radius 2 is 0.909 bits per heavy atom. The summed E-state index contributed by atoms with van der Waals surface area (Å²) in [5.41, 5.74) is 2.76. The molecular weight excluding hydrogens is 402 g/mol. The Morgan fingerprint density at radius 1 is 0.636 bits per heavy atom. The van der Waals surface area contributed by atoms with Crippen molar-refractivity contribution in [3.05, 3.63) is 60.2 Å². The summed E-state index contributed by atoms with van der Waals surface area (Å²) in [6.07, 6.45) is 8.38. The van der Waals surface area contributed by atoms with E-state index in [0.717, 1.165) is 11.5 Å². The fourth-order valence-corrected chi connectivity index (χ4v) is 3.62. The van der Waals surface area contributed by atoms with Crippen LogP contribution in [0.2, 0.25) is 0 Å². The predicted molar refractivity (Wildman–Crippen MR) is 107 cm³/mol. The lowest BCUT2D eigenvalue weighted by molar-refractivity contribution is -0.671. The summed E-state index contributed by atoms with van der Waals surface area (Å²) in [5.74, 6) is 2.12. The Labute approximate surface area is 165 Å². The molecule has 126 valence electrons. The van der Waals surface area contributed by atoms with Crippen molar-refractivity contribution >= 4 is 71.2 Å². The minimum atomic E-state index is 0. The van der Waals surface area contributed by atoms with E-state index in [1.807, 2.05) is 35.7 Å². The third-order valence-electron chi connectivity index (χ3n) is 2.63. The number of hydrogen-bond donors (Lipinski definition) is 0. The topological polar surface area (TPSA) is 7.76 Å². The Morgan fingerprint density at radius 3 is 1.18 bits per heavy atom. The predicted octanol–water partition coefficient (Wildman–Crippen LogP) is 4.10. The first-order chi connectivity index (χ1) is 8.74. The number of halogens is 4. The molecule has 2 rings (SSSR count). The van der Waals surface area contributed by atoms with E-state index in [1.54, 1.807) is 0 Å². The normalized spacial score (nSPS) is 8.64. The molecule has 2 aromatic rings. The van der Waals surface area contributed by atoms with Crippen LogP contribution in [-0.4, -0.2) is 0 Å². The van der Waals surface area contributed by atoms with E-state index in [2.05, 4.69) is 58.2 Å². The highest BCUT2D eigenvalue weighted by atomic mass is 35.5. The monoisotopic (exact) mass is 422 g/mol. The summed E-state index contributed by atoms with van der Waals surface area (Å²) in [6.45, 7) is 0. The van der Waals surface area contributed by atoms with E-state index in [-0.39, 0.29) is 49.6 Å². The van der Waals surface area contributed by atoms with Gasteiger partial charge in [0.2, 0.25) is 0 Å². The summed E-state index contributed by atoms with van der Waals surface area (Å²) in [4.78, 5) is 0. The first-order valence-electron chi connectivity index (χ1n) is 5.87. The minimum Gasteiger partial charge on any atom is -0.208 e. The standard InChI is InChI=1S/C14H18N2S2.4ClH/c1-15-7-3-13(4-8-15)11-17-18-12-14-5-9-16(2)10-6-14;;;;/h3-10H,11-12H2,1-2H3;4*1H/q+2;;;;. The van der Waals surface area contributed by atoms with Gasteiger partial charge in [-0.2, -0.15) is 0 Å². The number of hydrogen-bond acceptors (Lipinski definition) is 2. The summed E-state index contributed by atoms with van der Waals surface area (Å²) in [6, 6.07) is 8.71. The molecule has 0 fully saturated rings. The Balaban J connectivity index is -0.000000902. The molecule has 2 nitrogen and oxygen atoms in total. The maximum Gasteiger partial charge on any atom is 0.168 e. The van der Waals surface area contributed by atoms with Crippen molar-refractivity contribution in [2.45, 2.75) is 11.5 Å². The maximum absolute atomic E-state index is 2.18. The van der Waals surface area contributed by atoms with Crippen LogP contribution in [0.5, 0.6) is 0 Å². The summed E-state index contributed by atoms with van der Waals surface area (Å²) in [7, 11) is 7.91. The van der Waals surface area contributed by atoms with E-state index < -0.39 is 0 Å². The first kappa shape index (κ1) is 27.0. The van der Waals surface area contributed by atoms with E-state index in [0.29, 0.717) is 0 Å². The van der Waals surface area contributed by atoms with Crippen LogP contribution in [0.3, 0.4) is 0 Å². The Bertz CT molecular complexity index is 448. The maximum atomic E-state index is 2.18. The van der Waals surface area contributed by atoms with Gasteiger partial charge in [0.1, 0.15) is 14.1 Å². The molecule has 0 spiro atoms. The third-order valence-corrected chi connectivity index (χ3v) is 4.91. The van der Waals surface area contributed by atoms with Crippen molar-refractivity contribution < 1.29 is 9.13 Å². The van der Waals surface area contributed by atoms with Crippen molar-refractivity contribution in [3.8, 4) is 0 Å². The molecule has 0 aromatic carbocycles. The Hall–Kier alpha value is 0.160. The van der Waals surface area contributed by atoms with Gasteiger partial charge in [-0.15, -0.1) is 49.6 Å². The minimum absolute atomic E-state index is 0. The molecule has 2 aromatic heterocycles. The van der Waals surface area contributed by atoms with Gasteiger partial charge in [-0.05, 0) is 11.1 Å². The summed E-state index contributed by atoms with van der Waals surface area (Å²) in [5, 5.41) is 0. The lowest BCUT2D eigenvalue weighted by Crippen LogP contribution is -2.25. The largest absolute Gasteiger partial charge is 0.208 e. The zero-order valence-corrected chi connectivity index (χ0v) is 17.3. The third kappa shape index (κ3) is 10.0. The Kier molecular flexibility index (Phi) is 18.1. The molecule has 0 atom stereocenters. The average molecular weight is 424 g/mol. The number of pyridine rings is 2. The van der Waals surface area contributed by atoms with Crippen molar-refractivity contribution in [2.24, 2.45) is 14.1 Å². The zero-order valence-electron chi connectivity index (χ0n) is 12.4. The lowest BCUT2D eigenvalue weighted by atomic mass is 10.3. The van der Waals surface area contributed by atoms with E-state index in [1.165, 1.54) is 11.1 Å². The van der Waals surface area contributed by atoms with Crippen molar-refractivity contribution in [3.63, 3.8) is 0 Å². The highest BCUT2D eigenvalue weighted by Gasteiger charge is 1.99. The van der Waals surface area contributed by atoms with Crippen LogP contribution in [0.4, 0.5) is 0 Å². The molecule has 0 unspecified atom stereocenters. The molecule has 22 heavy (non-hydrogen) atoms. The van der Waals surface area contributed by atoms with Crippen LogP contribution in [0.1, 0.15) is 11.1 Å². The summed E-state index contributed by atoms with van der Waals surface area (Å²) >= 11 is 0. The lowest BCUT2D eigenvalue weighted by Gasteiger charge is -2.01. The van der Waals surface area contributed by atoms with E-state index in [9.17, 15) is 0 Å². The fraction of sp³-hybridized carbons (Fsp3) is 0.286. The second-order valence-electron chi connectivity index (χ2n) is 4.27. The SMILES string of the molecule is C[n+]1ccc(CSSCc2cc[n+](C)cc2)cc1.Cl.Cl.Cl.Cl. The van der Waals surface area contributed by atoms with Crippen LogP contribution in [0.15, 0.2) is 49.1 Å². The second-order valence-corrected chi connectivity index (χ2v) is 6.73. The van der Waals surface area contributed by atoms with Crippen molar-refractivity contribution in [1.82, 2.24) is 0 Å². The molecule has 0 N–H and O–H groups in total. The number of rotatable bonds is 5. The molecule has 0 aliphatic carbocycles. The van der Waals surface area contributed by atoms with Gasteiger partial charge >= 0.3 is 0 Å². The fourth-order valence-electron chi connectivity index (χ4n) is 1.48. The van der Waals surface area contributed by atoms with Crippen LogP contribution in [0, 0.1) is 0 Å². The molecule has 0 aliphatic rings. The van der Waals surface area contributed by atoms with Gasteiger partial charge in [0.05, 0.1) is 0 Å². The molecular formula is C14H22Cl4N2S2+2. The molecule has 0 bridgehead atoms. The highest BCUT2D eigenvalue weighted by molar-refractivity contribution is 8.76. The van der Waals surface area contributed by atoms with Crippen LogP contribution < -0.4 is 9.13 Å². The molecule has 0 amide bonds. The molecule has 0 saturated carbocycles. The van der Waals surface area contributed by atoms with Crippen LogP contribution >= 0.6 is 71.2 Å². The highest BCUT2D eigenvalue weighted by Crippen LogP contribution is 2.28. The smallest absolute Gasteiger partial charge is 0.168 e. The number of aryl methyl sites for hydroxylation is 2. The molecule has 8 heteroatoms. The zero-order chi connectivity index (χ0) is 12.8. The van der Waals surface area contributed by atoms with Crippen molar-refractivity contribution in [2.75, 3.05) is 0 Å². The quantitative estimate of drug-likeness (QED) is 0.406. The van der Waals surface area contributed by atoms with Gasteiger partial charge in [0.15, 0.2) is 24.8 Å². The van der Waals surface area contributed by atoms with Crippen molar-refractivity contribution in [1.29, 1.82) is 0 Å². The van der Waals surface area contributed by atoms with Crippen LogP contribution in [-0.2, 0) is 25.6 Å². The van der Waals surface area contributed by atoms with Gasteiger partial charge in [0.25, 0.3) is 0 Å². The second kappa shape index (κ2) is 14.7. The van der Waals surface area contributed by atoms with Gasteiger partial charge in [-0.3, -0.25) is 0 Å². The average Bonchev–Trinajstić information content (AvgIpc) is 2.39. The summed E-state index contributed by atoms with van der Waals surface area (Å²) < 4.78 is 4.12. The van der Waals surface area contributed by atoms with Gasteiger partial charge in [-0.25, -0.2) is 9.13 Å². The first-order valence-corrected chi connectivity index (χ1v) is 8.35. The molecule has 0 radical (unpaired) electrons. The molecule has 0 aliphatic heterocycles.